The van der Waals surface area contributed by atoms with Crippen LogP contribution in [0.5, 0.6) is 0 Å². The van der Waals surface area contributed by atoms with Crippen LogP contribution in [0.25, 0.3) is 0 Å². The molecule has 116 valence electrons. The highest BCUT2D eigenvalue weighted by atomic mass is 32.4. The van der Waals surface area contributed by atoms with Gasteiger partial charge in [-0.3, -0.25) is 19.9 Å². The van der Waals surface area contributed by atoms with Gasteiger partial charge in [-0.15, -0.1) is 0 Å². The van der Waals surface area contributed by atoms with Crippen LogP contribution in [0.15, 0.2) is 0 Å². The fourth-order valence-electron chi connectivity index (χ4n) is 2.63. The molecule has 2 fully saturated rings. The molecule has 0 radical (unpaired) electrons. The lowest BCUT2D eigenvalue weighted by molar-refractivity contribution is -0.139. The fraction of sp³-hybridized carbons (Fsp3) is 0.909. The molecule has 7 nitrogen and oxygen atoms in total. The van der Waals surface area contributed by atoms with Gasteiger partial charge in [0.1, 0.15) is 0 Å². The zero-order chi connectivity index (χ0) is 14.4. The average molecular weight is 323 g/mol. The van der Waals surface area contributed by atoms with E-state index in [1.807, 2.05) is 0 Å². The van der Waals surface area contributed by atoms with Gasteiger partial charge in [-0.1, -0.05) is 11.8 Å². The van der Waals surface area contributed by atoms with Crippen LogP contribution in [0.4, 0.5) is 0 Å². The number of nitrogens with zero attached hydrogens (tertiary/aromatic N) is 2. The lowest BCUT2D eigenvalue weighted by Gasteiger charge is -2.51. The number of nitrogens with one attached hydrogen (secondary N) is 1. The molecule has 2 N–H and O–H groups in total. The lowest BCUT2D eigenvalue weighted by Crippen LogP contribution is -2.69. The maximum Gasteiger partial charge on any atom is 0.317 e. The molecule has 0 bridgehead atoms. The zero-order valence-electron chi connectivity index (χ0n) is 11.4. The second-order valence-electron chi connectivity index (χ2n) is 4.79. The quantitative estimate of drug-likeness (QED) is 0.591. The van der Waals surface area contributed by atoms with E-state index in [2.05, 4.69) is 15.1 Å². The Hall–Kier alpha value is -0.0800. The van der Waals surface area contributed by atoms with Crippen molar-refractivity contribution in [2.45, 2.75) is 5.53 Å². The van der Waals surface area contributed by atoms with E-state index >= 15 is 0 Å². The summed E-state index contributed by atoms with van der Waals surface area (Å²) in [6, 6.07) is 0. The molecule has 0 spiro atoms. The Bertz CT molecular complexity index is 331. The Kier molecular flexibility index (Phi) is 6.35. The molecule has 0 aromatic rings. The van der Waals surface area contributed by atoms with Crippen molar-refractivity contribution in [1.29, 1.82) is 0 Å². The molecule has 0 aliphatic carbocycles. The molecular weight excluding hydrogens is 301 g/mol. The highest BCUT2D eigenvalue weighted by Gasteiger charge is 2.41. The van der Waals surface area contributed by atoms with Crippen LogP contribution < -0.4 is 5.32 Å². The molecule has 0 saturated carbocycles. The Morgan fingerprint density at radius 1 is 1.15 bits per heavy atom. The van der Waals surface area contributed by atoms with Gasteiger partial charge < -0.3 is 14.6 Å². The SMILES string of the molecule is O=C(O)CNC([PH2]=S)(N1CCOCC1)N1CCOCC1. The maximum atomic E-state index is 11.0. The van der Waals surface area contributed by atoms with E-state index < -0.39 is 18.9 Å². The van der Waals surface area contributed by atoms with Gasteiger partial charge >= 0.3 is 5.97 Å². The van der Waals surface area contributed by atoms with Crippen LogP contribution in [0, 0.1) is 0 Å². The summed E-state index contributed by atoms with van der Waals surface area (Å²) in [4.78, 5) is 15.4. The van der Waals surface area contributed by atoms with Crippen molar-refractivity contribution >= 4 is 25.1 Å². The van der Waals surface area contributed by atoms with E-state index in [4.69, 9.17) is 26.4 Å². The smallest absolute Gasteiger partial charge is 0.317 e. The standard InChI is InChI=1S/C11H22N3O4PS/c15-10(16)9-12-11(19-20,13-1-5-17-6-2-13)14-3-7-18-8-4-14/h12H,1-9,19H2,(H,15,16). The number of hydrogen-bond donors (Lipinski definition) is 2. The predicted molar refractivity (Wildman–Crippen MR) is 80.2 cm³/mol. The highest BCUT2D eigenvalue weighted by Crippen LogP contribution is 2.31. The summed E-state index contributed by atoms with van der Waals surface area (Å²) in [5.41, 5.74) is -0.513. The van der Waals surface area contributed by atoms with E-state index in [9.17, 15) is 4.79 Å². The van der Waals surface area contributed by atoms with Crippen LogP contribution in [0.2, 0.25) is 0 Å². The molecule has 2 rings (SSSR count). The minimum Gasteiger partial charge on any atom is -0.480 e. The largest absolute Gasteiger partial charge is 0.480 e. The number of carbonyl (C=O) groups is 1. The fourth-order valence-corrected chi connectivity index (χ4v) is 4.77. The number of ether oxygens (including phenoxy) is 2. The van der Waals surface area contributed by atoms with Crippen LogP contribution in [0.3, 0.4) is 0 Å². The number of morpholine rings is 2. The van der Waals surface area contributed by atoms with E-state index in [-0.39, 0.29) is 6.54 Å². The summed E-state index contributed by atoms with van der Waals surface area (Å²) in [6.45, 7) is 5.65. The molecule has 2 aliphatic rings. The molecule has 2 saturated heterocycles. The van der Waals surface area contributed by atoms with Crippen molar-refractivity contribution in [3.05, 3.63) is 0 Å². The number of rotatable bonds is 6. The maximum absolute atomic E-state index is 11.0. The normalized spacial score (nSPS) is 23.4. The predicted octanol–water partition coefficient (Wildman–Crippen LogP) is -1.19. The van der Waals surface area contributed by atoms with Gasteiger partial charge in [-0.2, -0.15) is 0 Å². The van der Waals surface area contributed by atoms with Crippen molar-refractivity contribution in [1.82, 2.24) is 15.1 Å². The van der Waals surface area contributed by atoms with E-state index in [1.165, 1.54) is 0 Å². The van der Waals surface area contributed by atoms with Gasteiger partial charge in [-0.25, -0.2) is 0 Å². The van der Waals surface area contributed by atoms with E-state index in [0.717, 1.165) is 26.2 Å². The van der Waals surface area contributed by atoms with E-state index in [0.29, 0.717) is 26.4 Å². The summed E-state index contributed by atoms with van der Waals surface area (Å²) >= 11 is 5.46. The minimum atomic E-state index is -0.862. The second kappa shape index (κ2) is 7.79. The Morgan fingerprint density at radius 3 is 1.95 bits per heavy atom. The first-order valence-corrected chi connectivity index (χ1v) is 9.24. The number of carboxylic acid groups (broad SMARTS) is 1. The van der Waals surface area contributed by atoms with Crippen molar-refractivity contribution < 1.29 is 19.4 Å². The second-order valence-corrected chi connectivity index (χ2v) is 6.54. The summed E-state index contributed by atoms with van der Waals surface area (Å²) in [6.07, 6.45) is 0. The van der Waals surface area contributed by atoms with Crippen LogP contribution in [-0.4, -0.2) is 85.6 Å². The minimum absolute atomic E-state index is 0.0850. The molecule has 2 heterocycles. The van der Waals surface area contributed by atoms with Crippen molar-refractivity contribution in [3.8, 4) is 0 Å². The first-order chi connectivity index (χ1) is 9.69. The van der Waals surface area contributed by atoms with E-state index in [1.54, 1.807) is 0 Å². The third-order valence-corrected chi connectivity index (χ3v) is 5.90. The number of carboxylic acids is 1. The summed E-state index contributed by atoms with van der Waals surface area (Å²) < 4.78 is 10.8. The Labute approximate surface area is 125 Å². The van der Waals surface area contributed by atoms with Crippen molar-refractivity contribution in [2.24, 2.45) is 0 Å². The molecule has 1 atom stereocenters. The first-order valence-electron chi connectivity index (χ1n) is 6.78. The molecular formula is C11H22N3O4PS. The first kappa shape index (κ1) is 16.3. The van der Waals surface area contributed by atoms with Gasteiger partial charge in [0.2, 0.25) is 0 Å². The molecule has 9 heteroatoms. The van der Waals surface area contributed by atoms with Crippen LogP contribution in [0.1, 0.15) is 0 Å². The summed E-state index contributed by atoms with van der Waals surface area (Å²) in [5.74, 6) is -0.862. The molecule has 0 aromatic heterocycles. The highest BCUT2D eigenvalue weighted by molar-refractivity contribution is 7.97. The van der Waals surface area contributed by atoms with Crippen LogP contribution >= 0.6 is 7.36 Å². The van der Waals surface area contributed by atoms with Gasteiger partial charge in [0.25, 0.3) is 0 Å². The van der Waals surface area contributed by atoms with Gasteiger partial charge in [-0.05, 0) is 7.36 Å². The van der Waals surface area contributed by atoms with Crippen molar-refractivity contribution in [3.63, 3.8) is 0 Å². The van der Waals surface area contributed by atoms with Gasteiger partial charge in [0, 0.05) is 26.2 Å². The number of aliphatic carboxylic acids is 1. The third kappa shape index (κ3) is 3.76. The monoisotopic (exact) mass is 323 g/mol. The molecule has 0 aromatic carbocycles. The summed E-state index contributed by atoms with van der Waals surface area (Å²) in [7, 11) is -0.416. The van der Waals surface area contributed by atoms with Gasteiger partial charge in [0.15, 0.2) is 5.53 Å². The molecule has 2 aliphatic heterocycles. The topological polar surface area (TPSA) is 74.3 Å². The Morgan fingerprint density at radius 2 is 1.60 bits per heavy atom. The number of hydrogen-bond acceptors (Lipinski definition) is 7. The zero-order valence-corrected chi connectivity index (χ0v) is 13.4. The third-order valence-electron chi connectivity index (χ3n) is 3.65. The molecule has 1 unspecified atom stereocenters. The molecule has 20 heavy (non-hydrogen) atoms. The molecule has 0 amide bonds. The van der Waals surface area contributed by atoms with Crippen LogP contribution in [-0.2, 0) is 26.1 Å². The lowest BCUT2D eigenvalue weighted by atomic mass is 10.3. The Balaban J connectivity index is 2.17. The summed E-state index contributed by atoms with van der Waals surface area (Å²) in [5, 5.41) is 12.2. The average Bonchev–Trinajstić information content (AvgIpc) is 2.50. The van der Waals surface area contributed by atoms with Gasteiger partial charge in [0.05, 0.1) is 33.0 Å². The van der Waals surface area contributed by atoms with Crippen molar-refractivity contribution in [2.75, 3.05) is 59.2 Å².